The van der Waals surface area contributed by atoms with Crippen molar-refractivity contribution in [1.82, 2.24) is 14.9 Å². The Morgan fingerprint density at radius 1 is 1.16 bits per heavy atom. The lowest BCUT2D eigenvalue weighted by Crippen LogP contribution is -2.10. The highest BCUT2D eigenvalue weighted by Gasteiger charge is 2.17. The van der Waals surface area contributed by atoms with Gasteiger partial charge in [0.15, 0.2) is 5.78 Å². The number of benzene rings is 1. The number of hydrogen-bond acceptors (Lipinski definition) is 5. The van der Waals surface area contributed by atoms with Gasteiger partial charge in [-0.3, -0.25) is 4.79 Å². The Hall–Kier alpha value is -2.47. The van der Waals surface area contributed by atoms with E-state index in [2.05, 4.69) is 9.97 Å². The van der Waals surface area contributed by atoms with Crippen LogP contribution in [0.5, 0.6) is 0 Å². The molecule has 0 saturated carbocycles. The molecule has 3 rings (SSSR count). The van der Waals surface area contributed by atoms with Crippen molar-refractivity contribution in [1.29, 1.82) is 0 Å². The Kier molecular flexibility index (Phi) is 5.60. The summed E-state index contributed by atoms with van der Waals surface area (Å²) in [6.45, 7) is 0. The summed E-state index contributed by atoms with van der Waals surface area (Å²) in [6, 6.07) is 6.48. The minimum absolute atomic E-state index is 0.105. The van der Waals surface area contributed by atoms with Crippen LogP contribution in [0.4, 0.5) is 4.39 Å². The van der Waals surface area contributed by atoms with Crippen molar-refractivity contribution in [3.8, 4) is 0 Å². The second-order valence-corrected chi connectivity index (χ2v) is 6.77. The fourth-order valence-corrected chi connectivity index (χ4v) is 3.47. The van der Waals surface area contributed by atoms with Gasteiger partial charge in [0.05, 0.1) is 5.03 Å². The average molecular weight is 355 g/mol. The topological polar surface area (TPSA) is 46.1 Å². The van der Waals surface area contributed by atoms with Crippen molar-refractivity contribution in [3.63, 3.8) is 0 Å². The fourth-order valence-electron chi connectivity index (χ4n) is 2.51. The zero-order valence-corrected chi connectivity index (χ0v) is 14.7. The molecule has 0 atom stereocenters. The first-order valence-electron chi connectivity index (χ1n) is 7.90. The summed E-state index contributed by atoms with van der Waals surface area (Å²) < 4.78 is 13.0. The maximum absolute atomic E-state index is 13.0. The normalized spacial score (nSPS) is 14.8. The van der Waals surface area contributed by atoms with E-state index in [0.29, 0.717) is 12.8 Å². The zero-order chi connectivity index (χ0) is 17.6. The van der Waals surface area contributed by atoms with Gasteiger partial charge in [0.2, 0.25) is 0 Å². The number of hydrogen-bond donors (Lipinski definition) is 0. The van der Waals surface area contributed by atoms with E-state index in [9.17, 15) is 9.18 Å². The number of ketones is 1. The Morgan fingerprint density at radius 3 is 2.60 bits per heavy atom. The lowest BCUT2D eigenvalue weighted by molar-refractivity contribution is -0.114. The van der Waals surface area contributed by atoms with Gasteiger partial charge in [-0.15, -0.1) is 11.8 Å². The van der Waals surface area contributed by atoms with Crippen LogP contribution in [0.15, 0.2) is 65.9 Å². The molecule has 1 aliphatic heterocycles. The van der Waals surface area contributed by atoms with Gasteiger partial charge in [-0.05, 0) is 29.3 Å². The smallest absolute Gasteiger partial charge is 0.164 e. The first-order valence-corrected chi connectivity index (χ1v) is 8.88. The Bertz CT molecular complexity index is 803. The number of Topliss-reactive ketones (excluding diaryl/α,β-unsaturated/α-hetero) is 1. The molecule has 0 fully saturated rings. The van der Waals surface area contributed by atoms with Crippen LogP contribution in [0, 0.1) is 5.82 Å². The molecular formula is C19H18FN3OS. The number of allylic oxidation sites excluding steroid dienone is 2. The highest BCUT2D eigenvalue weighted by atomic mass is 32.2. The summed E-state index contributed by atoms with van der Waals surface area (Å²) in [5.74, 6) is 0.594. The van der Waals surface area contributed by atoms with E-state index in [1.807, 2.05) is 24.2 Å². The molecule has 2 aromatic rings. The largest absolute Gasteiger partial charge is 0.346 e. The van der Waals surface area contributed by atoms with Crippen LogP contribution in [0.2, 0.25) is 0 Å². The van der Waals surface area contributed by atoms with E-state index in [4.69, 9.17) is 0 Å². The van der Waals surface area contributed by atoms with Crippen molar-refractivity contribution >= 4 is 17.5 Å². The number of carbonyl (C=O) groups excluding carboxylic acids is 1. The predicted molar refractivity (Wildman–Crippen MR) is 97.0 cm³/mol. The number of carbonyl (C=O) groups is 1. The van der Waals surface area contributed by atoms with Gasteiger partial charge < -0.3 is 4.90 Å². The van der Waals surface area contributed by atoms with Gasteiger partial charge in [-0.2, -0.15) is 0 Å². The Morgan fingerprint density at radius 2 is 1.88 bits per heavy atom. The van der Waals surface area contributed by atoms with Crippen LogP contribution in [0.1, 0.15) is 17.5 Å². The molecule has 0 saturated heterocycles. The Balaban J connectivity index is 1.68. The summed E-state index contributed by atoms with van der Waals surface area (Å²) in [6.07, 6.45) is 9.65. The quantitative estimate of drug-likeness (QED) is 0.818. The molecule has 0 spiro atoms. The van der Waals surface area contributed by atoms with Gasteiger partial charge in [-0.25, -0.2) is 14.4 Å². The van der Waals surface area contributed by atoms with Crippen LogP contribution in [-0.4, -0.2) is 27.7 Å². The average Bonchev–Trinajstić information content (AvgIpc) is 2.75. The molecule has 1 aromatic carbocycles. The maximum Gasteiger partial charge on any atom is 0.164 e. The second-order valence-electron chi connectivity index (χ2n) is 5.77. The van der Waals surface area contributed by atoms with Crippen molar-refractivity contribution in [2.24, 2.45) is 0 Å². The van der Waals surface area contributed by atoms with Crippen LogP contribution >= 0.6 is 11.8 Å². The molecule has 0 bridgehead atoms. The van der Waals surface area contributed by atoms with E-state index in [1.165, 1.54) is 18.5 Å². The minimum atomic E-state index is -0.234. The summed E-state index contributed by atoms with van der Waals surface area (Å²) >= 11 is 1.63. The van der Waals surface area contributed by atoms with Crippen LogP contribution < -0.4 is 0 Å². The van der Waals surface area contributed by atoms with Crippen molar-refractivity contribution in [2.75, 3.05) is 7.05 Å². The molecule has 1 aliphatic rings. The van der Waals surface area contributed by atoms with Crippen molar-refractivity contribution in [3.05, 3.63) is 82.8 Å². The third-order valence-electron chi connectivity index (χ3n) is 3.83. The van der Waals surface area contributed by atoms with E-state index in [1.54, 1.807) is 36.3 Å². The molecule has 0 amide bonds. The van der Waals surface area contributed by atoms with Crippen LogP contribution in [0.3, 0.4) is 0 Å². The molecule has 0 unspecified atom stereocenters. The molecule has 128 valence electrons. The van der Waals surface area contributed by atoms with E-state index in [-0.39, 0.29) is 11.6 Å². The van der Waals surface area contributed by atoms with E-state index >= 15 is 0 Å². The van der Waals surface area contributed by atoms with Crippen LogP contribution in [-0.2, 0) is 17.0 Å². The summed E-state index contributed by atoms with van der Waals surface area (Å²) in [5.41, 5.74) is 2.70. The first kappa shape index (κ1) is 17.4. The molecule has 0 radical (unpaired) electrons. The van der Waals surface area contributed by atoms with E-state index in [0.717, 1.165) is 27.5 Å². The fraction of sp³-hybridized carbons (Fsp3) is 0.211. The monoisotopic (exact) mass is 355 g/mol. The van der Waals surface area contributed by atoms with E-state index < -0.39 is 0 Å². The number of aromatic nitrogens is 2. The summed E-state index contributed by atoms with van der Waals surface area (Å²) in [7, 11) is 1.93. The third kappa shape index (κ3) is 4.76. The highest BCUT2D eigenvalue weighted by molar-refractivity contribution is 8.02. The Labute approximate surface area is 150 Å². The van der Waals surface area contributed by atoms with Gasteiger partial charge in [0, 0.05) is 49.8 Å². The number of halogens is 1. The predicted octanol–water partition coefficient (Wildman–Crippen LogP) is 3.72. The summed E-state index contributed by atoms with van der Waals surface area (Å²) in [4.78, 5) is 22.4. The van der Waals surface area contributed by atoms with Crippen LogP contribution in [0.25, 0.3) is 0 Å². The third-order valence-corrected chi connectivity index (χ3v) is 5.05. The minimum Gasteiger partial charge on any atom is -0.346 e. The van der Waals surface area contributed by atoms with Crippen molar-refractivity contribution in [2.45, 2.75) is 18.6 Å². The summed E-state index contributed by atoms with van der Waals surface area (Å²) in [5, 5.41) is 1.01. The van der Waals surface area contributed by atoms with Gasteiger partial charge in [0.25, 0.3) is 0 Å². The first-order chi connectivity index (χ1) is 12.1. The SMILES string of the molecule is CN1C=C(Cc2cncnc2)C(=O)CC=C1SCc1ccc(F)cc1. The lowest BCUT2D eigenvalue weighted by atomic mass is 10.0. The standard InChI is InChI=1S/C19H18FN3OS/c1-23-11-16(8-15-9-21-13-22-10-15)18(24)6-7-19(23)25-12-14-2-4-17(20)5-3-14/h2-5,7,9-11,13H,6,8,12H2,1H3. The zero-order valence-electron chi connectivity index (χ0n) is 13.9. The lowest BCUT2D eigenvalue weighted by Gasteiger charge is -2.17. The number of thioether (sulfide) groups is 1. The molecule has 4 nitrogen and oxygen atoms in total. The number of rotatable bonds is 5. The second kappa shape index (κ2) is 8.07. The molecule has 0 aliphatic carbocycles. The molecule has 2 heterocycles. The molecule has 1 aromatic heterocycles. The molecule has 6 heteroatoms. The van der Waals surface area contributed by atoms with Gasteiger partial charge >= 0.3 is 0 Å². The number of nitrogens with zero attached hydrogens (tertiary/aromatic N) is 3. The van der Waals surface area contributed by atoms with Gasteiger partial charge in [-0.1, -0.05) is 12.1 Å². The van der Waals surface area contributed by atoms with Crippen molar-refractivity contribution < 1.29 is 9.18 Å². The van der Waals surface area contributed by atoms with Gasteiger partial charge in [0.1, 0.15) is 12.1 Å². The molecular weight excluding hydrogens is 337 g/mol. The molecule has 0 N–H and O–H groups in total. The maximum atomic E-state index is 13.0. The highest BCUT2D eigenvalue weighted by Crippen LogP contribution is 2.28. The molecule has 25 heavy (non-hydrogen) atoms.